The van der Waals surface area contributed by atoms with E-state index in [0.717, 1.165) is 11.3 Å². The lowest BCUT2D eigenvalue weighted by Gasteiger charge is -2.10. The lowest BCUT2D eigenvalue weighted by Crippen LogP contribution is -2.19. The Labute approximate surface area is 173 Å². The van der Waals surface area contributed by atoms with Crippen LogP contribution in [0.15, 0.2) is 83.8 Å². The van der Waals surface area contributed by atoms with Crippen molar-refractivity contribution in [1.82, 2.24) is 9.38 Å². The maximum atomic E-state index is 12.1. The smallest absolute Gasteiger partial charge is 0.323 e. The Morgan fingerprint density at radius 1 is 0.967 bits per heavy atom. The van der Waals surface area contributed by atoms with Crippen LogP contribution in [0.25, 0.3) is 5.65 Å². The molecule has 2 N–H and O–H groups in total. The first-order valence-corrected chi connectivity index (χ1v) is 9.42. The summed E-state index contributed by atoms with van der Waals surface area (Å²) >= 11 is 0. The van der Waals surface area contributed by atoms with Crippen LogP contribution in [-0.4, -0.2) is 15.4 Å². The Morgan fingerprint density at radius 2 is 1.63 bits per heavy atom. The number of hydrogen-bond acceptors (Lipinski definition) is 4. The van der Waals surface area contributed by atoms with E-state index in [1.165, 1.54) is 10.5 Å². The lowest BCUT2D eigenvalue weighted by molar-refractivity contribution is 0.262. The molecule has 7 nitrogen and oxygen atoms in total. The second kappa shape index (κ2) is 8.48. The van der Waals surface area contributed by atoms with E-state index >= 15 is 0 Å². The van der Waals surface area contributed by atoms with Crippen molar-refractivity contribution in [1.29, 1.82) is 0 Å². The number of ether oxygens (including phenoxy) is 1. The van der Waals surface area contributed by atoms with Crippen molar-refractivity contribution in [3.8, 4) is 5.75 Å². The van der Waals surface area contributed by atoms with Gasteiger partial charge in [-0.05, 0) is 55.5 Å². The molecule has 0 saturated heterocycles. The molecule has 0 radical (unpaired) electrons. The number of nitrogens with one attached hydrogen (secondary N) is 2. The van der Waals surface area contributed by atoms with Gasteiger partial charge in [0.1, 0.15) is 18.0 Å². The molecule has 2 aromatic heterocycles. The van der Waals surface area contributed by atoms with Crippen LogP contribution in [0.3, 0.4) is 0 Å². The summed E-state index contributed by atoms with van der Waals surface area (Å²) in [4.78, 5) is 28.7. The van der Waals surface area contributed by atoms with E-state index in [-0.39, 0.29) is 18.2 Å². The summed E-state index contributed by atoms with van der Waals surface area (Å²) in [6, 6.07) is 21.0. The largest absolute Gasteiger partial charge is 0.487 e. The maximum absolute atomic E-state index is 12.1. The van der Waals surface area contributed by atoms with Gasteiger partial charge >= 0.3 is 6.03 Å². The van der Waals surface area contributed by atoms with Crippen LogP contribution < -0.4 is 20.9 Å². The average Bonchev–Trinajstić information content (AvgIpc) is 2.75. The number of pyridine rings is 1. The van der Waals surface area contributed by atoms with E-state index < -0.39 is 0 Å². The van der Waals surface area contributed by atoms with E-state index in [1.807, 2.05) is 37.3 Å². The SMILES string of the molecule is Cc1ccc(NC(=O)Nc2ccc(OCc3cc(=O)n4ccccc4n3)cc2)cc1. The van der Waals surface area contributed by atoms with Gasteiger partial charge in [0.05, 0.1) is 5.69 Å². The van der Waals surface area contributed by atoms with Crippen molar-refractivity contribution in [2.45, 2.75) is 13.5 Å². The van der Waals surface area contributed by atoms with Gasteiger partial charge in [0.15, 0.2) is 0 Å². The lowest BCUT2D eigenvalue weighted by atomic mass is 10.2. The number of hydrogen-bond donors (Lipinski definition) is 2. The van der Waals surface area contributed by atoms with Gasteiger partial charge in [-0.1, -0.05) is 23.8 Å². The minimum Gasteiger partial charge on any atom is -0.487 e. The number of carbonyl (C=O) groups is 1. The van der Waals surface area contributed by atoms with Gasteiger partial charge in [0, 0.05) is 23.6 Å². The van der Waals surface area contributed by atoms with Crippen molar-refractivity contribution in [2.75, 3.05) is 10.6 Å². The van der Waals surface area contributed by atoms with Crippen LogP contribution in [0.4, 0.5) is 16.2 Å². The molecule has 0 atom stereocenters. The van der Waals surface area contributed by atoms with Crippen LogP contribution in [0.5, 0.6) is 5.75 Å². The summed E-state index contributed by atoms with van der Waals surface area (Å²) in [5.41, 5.74) is 3.44. The Morgan fingerprint density at radius 3 is 2.33 bits per heavy atom. The van der Waals surface area contributed by atoms with E-state index in [9.17, 15) is 9.59 Å². The standard InChI is InChI=1S/C23H20N4O3/c1-16-5-7-17(8-6-16)25-23(29)26-18-9-11-20(12-10-18)30-15-19-14-22(28)27-13-3-2-4-21(27)24-19/h2-14H,15H2,1H3,(H2,25,26,29). The number of nitrogens with zero attached hydrogens (tertiary/aromatic N) is 2. The molecule has 4 aromatic rings. The Hall–Kier alpha value is -4.13. The van der Waals surface area contributed by atoms with Gasteiger partial charge in [0.25, 0.3) is 5.56 Å². The van der Waals surface area contributed by atoms with Gasteiger partial charge in [-0.15, -0.1) is 0 Å². The van der Waals surface area contributed by atoms with E-state index in [1.54, 1.807) is 42.6 Å². The Balaban J connectivity index is 1.35. The van der Waals surface area contributed by atoms with E-state index in [2.05, 4.69) is 15.6 Å². The van der Waals surface area contributed by atoms with Crippen LogP contribution in [0.1, 0.15) is 11.3 Å². The van der Waals surface area contributed by atoms with Gasteiger partial charge in [-0.25, -0.2) is 9.78 Å². The predicted octanol–water partition coefficient (Wildman–Crippen LogP) is 4.23. The molecule has 0 unspecified atom stereocenters. The summed E-state index contributed by atoms with van der Waals surface area (Å²) in [5, 5.41) is 5.55. The quantitative estimate of drug-likeness (QED) is 0.525. The second-order valence-corrected chi connectivity index (χ2v) is 6.77. The third-order valence-corrected chi connectivity index (χ3v) is 4.43. The van der Waals surface area contributed by atoms with Crippen molar-refractivity contribution in [2.24, 2.45) is 0 Å². The minimum atomic E-state index is -0.326. The number of aryl methyl sites for hydroxylation is 1. The molecule has 0 saturated carbocycles. The summed E-state index contributed by atoms with van der Waals surface area (Å²) in [6.07, 6.45) is 1.68. The number of benzene rings is 2. The molecular weight excluding hydrogens is 380 g/mol. The fourth-order valence-electron chi connectivity index (χ4n) is 2.90. The average molecular weight is 400 g/mol. The summed E-state index contributed by atoms with van der Waals surface area (Å²) < 4.78 is 7.20. The van der Waals surface area contributed by atoms with Crippen molar-refractivity contribution < 1.29 is 9.53 Å². The fraction of sp³-hybridized carbons (Fsp3) is 0.0870. The van der Waals surface area contributed by atoms with Crippen molar-refractivity contribution in [3.63, 3.8) is 0 Å². The molecule has 0 aliphatic rings. The molecule has 0 spiro atoms. The minimum absolute atomic E-state index is 0.154. The fourth-order valence-corrected chi connectivity index (χ4v) is 2.90. The summed E-state index contributed by atoms with van der Waals surface area (Å²) in [5.74, 6) is 0.606. The molecular formula is C23H20N4O3. The highest BCUT2D eigenvalue weighted by atomic mass is 16.5. The molecule has 30 heavy (non-hydrogen) atoms. The third kappa shape index (κ3) is 4.64. The Bertz CT molecular complexity index is 1230. The highest BCUT2D eigenvalue weighted by molar-refractivity contribution is 5.99. The first-order valence-electron chi connectivity index (χ1n) is 9.42. The normalized spacial score (nSPS) is 10.6. The molecule has 0 bridgehead atoms. The van der Waals surface area contributed by atoms with Crippen molar-refractivity contribution >= 4 is 23.1 Å². The van der Waals surface area contributed by atoms with Gasteiger partial charge in [-0.2, -0.15) is 0 Å². The highest BCUT2D eigenvalue weighted by Crippen LogP contribution is 2.17. The van der Waals surface area contributed by atoms with Crippen LogP contribution in [0, 0.1) is 6.92 Å². The Kier molecular flexibility index (Phi) is 5.43. The van der Waals surface area contributed by atoms with Crippen molar-refractivity contribution in [3.05, 3.63) is 101 Å². The zero-order valence-electron chi connectivity index (χ0n) is 16.3. The molecule has 0 fully saturated rings. The zero-order valence-corrected chi connectivity index (χ0v) is 16.3. The first-order chi connectivity index (χ1) is 14.6. The molecule has 4 rings (SSSR count). The number of amides is 2. The number of fused-ring (bicyclic) bond motifs is 1. The summed E-state index contributed by atoms with van der Waals surface area (Å²) in [7, 11) is 0. The summed E-state index contributed by atoms with van der Waals surface area (Å²) in [6.45, 7) is 2.16. The van der Waals surface area contributed by atoms with Gasteiger partial charge in [-0.3, -0.25) is 9.20 Å². The number of carbonyl (C=O) groups excluding carboxylic acids is 1. The highest BCUT2D eigenvalue weighted by Gasteiger charge is 2.05. The molecule has 150 valence electrons. The molecule has 2 aromatic carbocycles. The van der Waals surface area contributed by atoms with Gasteiger partial charge in [0.2, 0.25) is 0 Å². The van der Waals surface area contributed by atoms with Crippen LogP contribution in [0.2, 0.25) is 0 Å². The number of aromatic nitrogens is 2. The molecule has 0 aliphatic carbocycles. The first kappa shape index (κ1) is 19.2. The maximum Gasteiger partial charge on any atom is 0.323 e. The number of rotatable bonds is 5. The van der Waals surface area contributed by atoms with Crippen LogP contribution in [-0.2, 0) is 6.61 Å². The molecule has 2 amide bonds. The zero-order chi connectivity index (χ0) is 20.9. The van der Waals surface area contributed by atoms with Crippen LogP contribution >= 0.6 is 0 Å². The monoisotopic (exact) mass is 400 g/mol. The third-order valence-electron chi connectivity index (χ3n) is 4.43. The topological polar surface area (TPSA) is 84.7 Å². The molecule has 7 heteroatoms. The number of anilines is 2. The van der Waals surface area contributed by atoms with E-state index in [0.29, 0.717) is 22.8 Å². The molecule has 2 heterocycles. The molecule has 0 aliphatic heterocycles. The van der Waals surface area contributed by atoms with Gasteiger partial charge < -0.3 is 15.4 Å². The van der Waals surface area contributed by atoms with E-state index in [4.69, 9.17) is 4.74 Å². The second-order valence-electron chi connectivity index (χ2n) is 6.77. The predicted molar refractivity (Wildman–Crippen MR) is 116 cm³/mol. The number of urea groups is 1.